The number of benzene rings is 1. The molecule has 1 aromatic carbocycles. The van der Waals surface area contributed by atoms with Crippen LogP contribution in [0, 0.1) is 0 Å². The van der Waals surface area contributed by atoms with E-state index in [1.54, 1.807) is 0 Å². The van der Waals surface area contributed by atoms with Gasteiger partial charge < -0.3 is 10.1 Å². The van der Waals surface area contributed by atoms with Crippen molar-refractivity contribution >= 4 is 0 Å². The fourth-order valence-electron chi connectivity index (χ4n) is 2.55. The zero-order valence-electron chi connectivity index (χ0n) is 13.3. The summed E-state index contributed by atoms with van der Waals surface area (Å²) in [7, 11) is 0. The second-order valence-corrected chi connectivity index (χ2v) is 6.72. The van der Waals surface area contributed by atoms with Gasteiger partial charge in [-0.05, 0) is 30.0 Å². The summed E-state index contributed by atoms with van der Waals surface area (Å²) in [6.45, 7) is 14.0. The van der Waals surface area contributed by atoms with E-state index in [4.69, 9.17) is 4.74 Å². The van der Waals surface area contributed by atoms with Gasteiger partial charge >= 0.3 is 0 Å². The minimum atomic E-state index is 0.173. The summed E-state index contributed by atoms with van der Waals surface area (Å²) in [5.41, 5.74) is 1.50. The van der Waals surface area contributed by atoms with Crippen LogP contribution in [0.1, 0.15) is 33.3 Å². The van der Waals surface area contributed by atoms with Gasteiger partial charge in [0.2, 0.25) is 0 Å². The molecule has 1 N–H and O–H groups in total. The van der Waals surface area contributed by atoms with Crippen molar-refractivity contribution in [1.82, 2.24) is 10.2 Å². The highest BCUT2D eigenvalue weighted by Gasteiger charge is 2.17. The first-order chi connectivity index (χ1) is 9.47. The fourth-order valence-corrected chi connectivity index (χ4v) is 2.55. The van der Waals surface area contributed by atoms with Crippen LogP contribution in [0.25, 0.3) is 0 Å². The van der Waals surface area contributed by atoms with Gasteiger partial charge in [0.25, 0.3) is 0 Å². The summed E-state index contributed by atoms with van der Waals surface area (Å²) in [6.07, 6.45) is 0. The molecule has 2 rings (SSSR count). The summed E-state index contributed by atoms with van der Waals surface area (Å²) in [4.78, 5) is 2.49. The van der Waals surface area contributed by atoms with Gasteiger partial charge in [0.15, 0.2) is 0 Å². The molecule has 1 fully saturated rings. The molecule has 0 amide bonds. The molecule has 1 aliphatic heterocycles. The second kappa shape index (κ2) is 6.59. The molecule has 1 aromatic rings. The van der Waals surface area contributed by atoms with E-state index in [0.29, 0.717) is 6.04 Å². The van der Waals surface area contributed by atoms with E-state index < -0.39 is 0 Å². The molecule has 0 bridgehead atoms. The maximum absolute atomic E-state index is 5.93. The highest BCUT2D eigenvalue weighted by molar-refractivity contribution is 5.32. The Kier molecular flexibility index (Phi) is 5.06. The second-order valence-electron chi connectivity index (χ2n) is 6.72. The molecule has 112 valence electrons. The fraction of sp³-hybridized carbons (Fsp3) is 0.647. The third-order valence-electron chi connectivity index (χ3n) is 3.99. The molecule has 1 atom stereocenters. The summed E-state index contributed by atoms with van der Waals surface area (Å²) in [5.74, 6) is 0.986. The average Bonchev–Trinajstić information content (AvgIpc) is 2.40. The van der Waals surface area contributed by atoms with Crippen molar-refractivity contribution in [1.29, 1.82) is 0 Å². The number of nitrogens with zero attached hydrogens (tertiary/aromatic N) is 1. The van der Waals surface area contributed by atoms with Crippen LogP contribution in [-0.4, -0.2) is 43.7 Å². The van der Waals surface area contributed by atoms with E-state index in [1.165, 1.54) is 5.56 Å². The Morgan fingerprint density at radius 2 is 2.15 bits per heavy atom. The molecule has 0 aliphatic carbocycles. The average molecular weight is 276 g/mol. The molecule has 3 heteroatoms. The molecule has 0 saturated carbocycles. The topological polar surface area (TPSA) is 24.5 Å². The number of nitrogens with one attached hydrogen (secondary N) is 1. The normalized spacial score (nSPS) is 20.9. The van der Waals surface area contributed by atoms with Gasteiger partial charge in [-0.1, -0.05) is 32.9 Å². The predicted octanol–water partition coefficient (Wildman–Crippen LogP) is 2.66. The Morgan fingerprint density at radius 3 is 2.85 bits per heavy atom. The molecule has 0 spiro atoms. The Labute approximate surface area is 123 Å². The maximum Gasteiger partial charge on any atom is 0.119 e. The van der Waals surface area contributed by atoms with Crippen LogP contribution in [0.5, 0.6) is 5.75 Å². The molecule has 3 nitrogen and oxygen atoms in total. The first kappa shape index (κ1) is 15.3. The van der Waals surface area contributed by atoms with Crippen molar-refractivity contribution in [2.45, 2.75) is 39.2 Å². The summed E-state index contributed by atoms with van der Waals surface area (Å²) in [6, 6.07) is 9.08. The quantitative estimate of drug-likeness (QED) is 0.915. The van der Waals surface area contributed by atoms with Gasteiger partial charge in [-0.25, -0.2) is 0 Å². The van der Waals surface area contributed by atoms with E-state index in [0.717, 1.165) is 38.5 Å². The van der Waals surface area contributed by atoms with Gasteiger partial charge in [0, 0.05) is 32.2 Å². The monoisotopic (exact) mass is 276 g/mol. The third-order valence-corrected chi connectivity index (χ3v) is 3.99. The molecular formula is C17H28N2O. The van der Waals surface area contributed by atoms with Gasteiger partial charge in [-0.15, -0.1) is 0 Å². The number of ether oxygens (including phenoxy) is 1. The minimum absolute atomic E-state index is 0.173. The lowest BCUT2D eigenvalue weighted by molar-refractivity contribution is 0.143. The Bertz CT molecular complexity index is 425. The van der Waals surface area contributed by atoms with Crippen LogP contribution in [0.3, 0.4) is 0 Å². The van der Waals surface area contributed by atoms with Crippen LogP contribution >= 0.6 is 0 Å². The number of hydrogen-bond acceptors (Lipinski definition) is 3. The molecule has 0 aromatic heterocycles. The maximum atomic E-state index is 5.93. The van der Waals surface area contributed by atoms with Crippen LogP contribution in [-0.2, 0) is 5.41 Å². The zero-order chi connectivity index (χ0) is 14.6. The molecule has 1 saturated heterocycles. The molecule has 1 aliphatic rings. The Hall–Kier alpha value is -1.06. The first-order valence-electron chi connectivity index (χ1n) is 7.65. The van der Waals surface area contributed by atoms with Gasteiger partial charge in [0.05, 0.1) is 0 Å². The van der Waals surface area contributed by atoms with Crippen LogP contribution < -0.4 is 10.1 Å². The third kappa shape index (κ3) is 4.22. The molecular weight excluding hydrogens is 248 g/mol. The minimum Gasteiger partial charge on any atom is -0.492 e. The first-order valence-corrected chi connectivity index (χ1v) is 7.65. The highest BCUT2D eigenvalue weighted by Crippen LogP contribution is 2.25. The lowest BCUT2D eigenvalue weighted by atomic mass is 9.87. The van der Waals surface area contributed by atoms with Gasteiger partial charge in [0.1, 0.15) is 12.4 Å². The Balaban J connectivity index is 1.85. The summed E-state index contributed by atoms with van der Waals surface area (Å²) in [5, 5.41) is 3.41. The number of rotatable bonds is 4. The van der Waals surface area contributed by atoms with Crippen molar-refractivity contribution in [3.8, 4) is 5.75 Å². The smallest absolute Gasteiger partial charge is 0.119 e. The van der Waals surface area contributed by atoms with Crippen LogP contribution in [0.4, 0.5) is 0 Å². The SMILES string of the molecule is C[C@H]1CNCCN1CCOc1cccc(C(C)(C)C)c1. The number of piperazine rings is 1. The molecule has 0 radical (unpaired) electrons. The standard InChI is InChI=1S/C17H28N2O/c1-14-13-18-8-9-19(14)10-11-20-16-7-5-6-15(12-16)17(2,3)4/h5-7,12,14,18H,8-11,13H2,1-4H3/t14-/m0/s1. The van der Waals surface area contributed by atoms with Crippen molar-refractivity contribution in [2.24, 2.45) is 0 Å². The van der Waals surface area contributed by atoms with Crippen molar-refractivity contribution in [2.75, 3.05) is 32.8 Å². The van der Waals surface area contributed by atoms with Crippen LogP contribution in [0.15, 0.2) is 24.3 Å². The zero-order valence-corrected chi connectivity index (χ0v) is 13.3. The highest BCUT2D eigenvalue weighted by atomic mass is 16.5. The van der Waals surface area contributed by atoms with E-state index in [1.807, 2.05) is 0 Å². The predicted molar refractivity (Wildman–Crippen MR) is 84.5 cm³/mol. The number of hydrogen-bond donors (Lipinski definition) is 1. The van der Waals surface area contributed by atoms with Crippen molar-refractivity contribution in [3.63, 3.8) is 0 Å². The molecule has 1 heterocycles. The van der Waals surface area contributed by atoms with E-state index in [2.05, 4.69) is 62.2 Å². The lowest BCUT2D eigenvalue weighted by Gasteiger charge is -2.33. The summed E-state index contributed by atoms with van der Waals surface area (Å²) < 4.78 is 5.93. The Morgan fingerprint density at radius 1 is 1.35 bits per heavy atom. The molecule has 0 unspecified atom stereocenters. The summed E-state index contributed by atoms with van der Waals surface area (Å²) >= 11 is 0. The van der Waals surface area contributed by atoms with E-state index in [-0.39, 0.29) is 5.41 Å². The van der Waals surface area contributed by atoms with E-state index in [9.17, 15) is 0 Å². The van der Waals surface area contributed by atoms with E-state index >= 15 is 0 Å². The van der Waals surface area contributed by atoms with Crippen LogP contribution in [0.2, 0.25) is 0 Å². The van der Waals surface area contributed by atoms with Gasteiger partial charge in [-0.3, -0.25) is 4.90 Å². The van der Waals surface area contributed by atoms with Gasteiger partial charge in [-0.2, -0.15) is 0 Å². The van der Waals surface area contributed by atoms with Crippen molar-refractivity contribution in [3.05, 3.63) is 29.8 Å². The lowest BCUT2D eigenvalue weighted by Crippen LogP contribution is -2.50. The van der Waals surface area contributed by atoms with Crippen molar-refractivity contribution < 1.29 is 4.74 Å². The molecule has 20 heavy (non-hydrogen) atoms. The largest absolute Gasteiger partial charge is 0.492 e.